The van der Waals surface area contributed by atoms with E-state index in [2.05, 4.69) is 23.7 Å². The van der Waals surface area contributed by atoms with Crippen molar-refractivity contribution >= 4 is 50.7 Å². The van der Waals surface area contributed by atoms with Gasteiger partial charge in [0.1, 0.15) is 5.56 Å². The fourth-order valence-corrected chi connectivity index (χ4v) is 3.99. The quantitative estimate of drug-likeness (QED) is 0.382. The van der Waals surface area contributed by atoms with E-state index in [4.69, 9.17) is 0 Å². The molecule has 0 aliphatic rings. The van der Waals surface area contributed by atoms with E-state index in [-0.39, 0.29) is 23.7 Å². The molecule has 0 radical (unpaired) electrons. The first-order chi connectivity index (χ1) is 13.5. The van der Waals surface area contributed by atoms with Crippen LogP contribution in [0, 0.1) is 10.1 Å². The maximum absolute atomic E-state index is 13.3. The summed E-state index contributed by atoms with van der Waals surface area (Å²) in [6.45, 7) is 6.93. The third-order valence-electron chi connectivity index (χ3n) is 4.62. The molecule has 154 valence electrons. The number of halogens is 1. The summed E-state index contributed by atoms with van der Waals surface area (Å²) < 4.78 is 0.973. The van der Waals surface area contributed by atoms with Gasteiger partial charge in [0.25, 0.3) is 11.6 Å². The van der Waals surface area contributed by atoms with E-state index in [9.17, 15) is 14.9 Å². The number of thiazole rings is 1. The molecule has 0 atom stereocenters. The van der Waals surface area contributed by atoms with Crippen molar-refractivity contribution in [3.63, 3.8) is 0 Å². The lowest BCUT2D eigenvalue weighted by Crippen LogP contribution is -2.39. The fourth-order valence-electron chi connectivity index (χ4n) is 3.00. The maximum atomic E-state index is 13.3. The molecule has 0 bridgehead atoms. The second-order valence-corrected chi connectivity index (χ2v) is 7.23. The minimum atomic E-state index is -0.520. The Labute approximate surface area is 179 Å². The Morgan fingerprint density at radius 3 is 2.38 bits per heavy atom. The number of fused-ring (bicyclic) bond motifs is 1. The van der Waals surface area contributed by atoms with Crippen LogP contribution >= 0.6 is 23.7 Å². The standard InChI is InChI=1S/C20H22N4O3S.ClH/c1-3-22(4-2)13-14-23(20-21-16-10-6-8-12-18(16)28-20)19(25)15-9-5-7-11-17(15)24(26)27;/h5-12H,3-4,13-14H2,1-2H3;1H. The van der Waals surface area contributed by atoms with Crippen molar-refractivity contribution in [3.8, 4) is 0 Å². The molecule has 1 aromatic heterocycles. The number of aromatic nitrogens is 1. The average Bonchev–Trinajstić information content (AvgIpc) is 3.14. The van der Waals surface area contributed by atoms with Gasteiger partial charge in [0, 0.05) is 19.2 Å². The second-order valence-electron chi connectivity index (χ2n) is 6.22. The van der Waals surface area contributed by atoms with Gasteiger partial charge in [0.05, 0.1) is 15.1 Å². The van der Waals surface area contributed by atoms with E-state index in [1.54, 1.807) is 17.0 Å². The van der Waals surface area contributed by atoms with Gasteiger partial charge >= 0.3 is 0 Å². The van der Waals surface area contributed by atoms with Crippen molar-refractivity contribution in [3.05, 3.63) is 64.2 Å². The van der Waals surface area contributed by atoms with E-state index in [1.807, 2.05) is 24.3 Å². The Balaban J connectivity index is 0.00000300. The van der Waals surface area contributed by atoms with Crippen molar-refractivity contribution in [1.82, 2.24) is 9.88 Å². The van der Waals surface area contributed by atoms with Gasteiger partial charge in [0.15, 0.2) is 5.13 Å². The molecule has 2 aromatic carbocycles. The molecule has 0 aliphatic heterocycles. The first-order valence-corrected chi connectivity index (χ1v) is 10.00. The summed E-state index contributed by atoms with van der Waals surface area (Å²) in [6.07, 6.45) is 0. The Morgan fingerprint density at radius 1 is 1.07 bits per heavy atom. The number of likely N-dealkylation sites (N-methyl/N-ethyl adjacent to an activating group) is 1. The van der Waals surface area contributed by atoms with Crippen molar-refractivity contribution in [2.24, 2.45) is 0 Å². The summed E-state index contributed by atoms with van der Waals surface area (Å²) in [5, 5.41) is 12.0. The topological polar surface area (TPSA) is 79.6 Å². The predicted molar refractivity (Wildman–Crippen MR) is 119 cm³/mol. The zero-order chi connectivity index (χ0) is 20.1. The number of carbonyl (C=O) groups excluding carboxylic acids is 1. The number of carbonyl (C=O) groups is 1. The molecule has 29 heavy (non-hydrogen) atoms. The molecular weight excluding hydrogens is 412 g/mol. The number of hydrogen-bond acceptors (Lipinski definition) is 6. The monoisotopic (exact) mass is 434 g/mol. The molecule has 0 saturated carbocycles. The van der Waals surface area contributed by atoms with E-state index in [0.717, 1.165) is 23.3 Å². The second kappa shape index (κ2) is 10.3. The van der Waals surface area contributed by atoms with Crippen LogP contribution in [0.2, 0.25) is 0 Å². The summed E-state index contributed by atoms with van der Waals surface area (Å²) in [4.78, 5) is 32.5. The van der Waals surface area contributed by atoms with Crippen LogP contribution in [0.3, 0.4) is 0 Å². The highest BCUT2D eigenvalue weighted by atomic mass is 35.5. The molecule has 1 amide bonds. The predicted octanol–water partition coefficient (Wildman–Crippen LogP) is 4.61. The van der Waals surface area contributed by atoms with Gasteiger partial charge in [-0.25, -0.2) is 4.98 Å². The number of amides is 1. The molecule has 9 heteroatoms. The third-order valence-corrected chi connectivity index (χ3v) is 5.68. The number of nitrogens with zero attached hydrogens (tertiary/aromatic N) is 4. The molecule has 0 unspecified atom stereocenters. The molecule has 0 saturated heterocycles. The smallest absolute Gasteiger partial charge is 0.282 e. The number of para-hydroxylation sites is 2. The lowest BCUT2D eigenvalue weighted by Gasteiger charge is -2.24. The number of nitro groups is 1. The van der Waals surface area contributed by atoms with E-state index in [1.165, 1.54) is 23.5 Å². The Bertz CT molecular complexity index is 958. The zero-order valence-corrected chi connectivity index (χ0v) is 17.9. The van der Waals surface area contributed by atoms with Crippen LogP contribution in [0.4, 0.5) is 10.8 Å². The average molecular weight is 435 g/mol. The van der Waals surface area contributed by atoms with E-state index in [0.29, 0.717) is 18.2 Å². The number of anilines is 1. The highest BCUT2D eigenvalue weighted by Gasteiger charge is 2.27. The van der Waals surface area contributed by atoms with Crippen LogP contribution in [-0.2, 0) is 0 Å². The first-order valence-electron chi connectivity index (χ1n) is 9.18. The van der Waals surface area contributed by atoms with Crippen LogP contribution in [0.1, 0.15) is 24.2 Å². The van der Waals surface area contributed by atoms with Crippen LogP contribution in [-0.4, -0.2) is 46.9 Å². The van der Waals surface area contributed by atoms with Crippen LogP contribution in [0.15, 0.2) is 48.5 Å². The van der Waals surface area contributed by atoms with Gasteiger partial charge in [-0.05, 0) is 31.3 Å². The van der Waals surface area contributed by atoms with Crippen molar-refractivity contribution in [1.29, 1.82) is 0 Å². The summed E-state index contributed by atoms with van der Waals surface area (Å²) >= 11 is 1.42. The Kier molecular flexibility index (Phi) is 8.07. The summed E-state index contributed by atoms with van der Waals surface area (Å²) in [5.74, 6) is -0.404. The molecule has 1 heterocycles. The minimum absolute atomic E-state index is 0. The summed E-state index contributed by atoms with van der Waals surface area (Å²) in [6, 6.07) is 13.7. The maximum Gasteiger partial charge on any atom is 0.282 e. The van der Waals surface area contributed by atoms with Gasteiger partial charge < -0.3 is 4.90 Å². The molecule has 0 spiro atoms. The van der Waals surface area contributed by atoms with Gasteiger partial charge in [-0.15, -0.1) is 12.4 Å². The SMILES string of the molecule is CCN(CC)CCN(C(=O)c1ccccc1[N+](=O)[O-])c1nc2ccccc2s1.Cl. The lowest BCUT2D eigenvalue weighted by atomic mass is 10.1. The molecule has 3 aromatic rings. The van der Waals surface area contributed by atoms with Gasteiger partial charge in [0.2, 0.25) is 0 Å². The minimum Gasteiger partial charge on any atom is -0.302 e. The molecule has 0 aliphatic carbocycles. The number of hydrogen-bond donors (Lipinski definition) is 0. The number of nitro benzene ring substituents is 1. The molecule has 0 N–H and O–H groups in total. The Hall–Kier alpha value is -2.55. The number of benzene rings is 2. The highest BCUT2D eigenvalue weighted by Crippen LogP contribution is 2.30. The Morgan fingerprint density at radius 2 is 1.72 bits per heavy atom. The van der Waals surface area contributed by atoms with Crippen molar-refractivity contribution in [2.45, 2.75) is 13.8 Å². The van der Waals surface area contributed by atoms with Crippen molar-refractivity contribution in [2.75, 3.05) is 31.1 Å². The normalized spacial score (nSPS) is 10.7. The fraction of sp³-hybridized carbons (Fsp3) is 0.300. The highest BCUT2D eigenvalue weighted by molar-refractivity contribution is 7.22. The largest absolute Gasteiger partial charge is 0.302 e. The van der Waals surface area contributed by atoms with Crippen LogP contribution in [0.5, 0.6) is 0 Å². The van der Waals surface area contributed by atoms with Gasteiger partial charge in [-0.2, -0.15) is 0 Å². The first kappa shape index (κ1) is 22.7. The van der Waals surface area contributed by atoms with Crippen LogP contribution < -0.4 is 4.90 Å². The van der Waals surface area contributed by atoms with Crippen molar-refractivity contribution < 1.29 is 9.72 Å². The van der Waals surface area contributed by atoms with Gasteiger partial charge in [-0.1, -0.05) is 49.4 Å². The number of rotatable bonds is 8. The zero-order valence-electron chi connectivity index (χ0n) is 16.3. The van der Waals surface area contributed by atoms with Gasteiger partial charge in [-0.3, -0.25) is 19.8 Å². The molecule has 7 nitrogen and oxygen atoms in total. The summed E-state index contributed by atoms with van der Waals surface area (Å²) in [7, 11) is 0. The molecule has 3 rings (SSSR count). The molecule has 0 fully saturated rings. The van der Waals surface area contributed by atoms with Crippen LogP contribution in [0.25, 0.3) is 10.2 Å². The summed E-state index contributed by atoms with van der Waals surface area (Å²) in [5.41, 5.74) is 0.693. The van der Waals surface area contributed by atoms with E-state index >= 15 is 0 Å². The van der Waals surface area contributed by atoms with E-state index < -0.39 is 10.8 Å². The lowest BCUT2D eigenvalue weighted by molar-refractivity contribution is -0.385. The molecular formula is C20H23ClN4O3S. The third kappa shape index (κ3) is 5.09.